The first-order valence-corrected chi connectivity index (χ1v) is 8.71. The predicted octanol–water partition coefficient (Wildman–Crippen LogP) is 2.92. The SMILES string of the molecule is Cc1cccc(C2(C(=O)NC3CNCCC3C)CCCC2)c1. The number of rotatable bonds is 3. The average molecular weight is 300 g/mol. The van der Waals surface area contributed by atoms with Gasteiger partial charge in [-0.3, -0.25) is 4.79 Å². The Bertz CT molecular complexity index is 534. The molecule has 2 N–H and O–H groups in total. The fourth-order valence-electron chi connectivity index (χ4n) is 4.06. The van der Waals surface area contributed by atoms with Crippen LogP contribution in [0.4, 0.5) is 0 Å². The van der Waals surface area contributed by atoms with Gasteiger partial charge in [0.05, 0.1) is 5.41 Å². The van der Waals surface area contributed by atoms with Gasteiger partial charge in [0.15, 0.2) is 0 Å². The number of carbonyl (C=O) groups is 1. The minimum Gasteiger partial charge on any atom is -0.351 e. The summed E-state index contributed by atoms with van der Waals surface area (Å²) < 4.78 is 0. The van der Waals surface area contributed by atoms with Gasteiger partial charge in [-0.2, -0.15) is 0 Å². The maximum atomic E-state index is 13.2. The lowest BCUT2D eigenvalue weighted by atomic mass is 9.77. The zero-order chi connectivity index (χ0) is 15.6. The van der Waals surface area contributed by atoms with Crippen LogP contribution in [0.25, 0.3) is 0 Å². The van der Waals surface area contributed by atoms with Gasteiger partial charge in [0.1, 0.15) is 0 Å². The molecule has 0 radical (unpaired) electrons. The molecule has 3 rings (SSSR count). The van der Waals surface area contributed by atoms with Gasteiger partial charge in [-0.1, -0.05) is 49.6 Å². The van der Waals surface area contributed by atoms with Gasteiger partial charge in [0.2, 0.25) is 5.91 Å². The third kappa shape index (κ3) is 2.91. The first-order chi connectivity index (χ1) is 10.6. The van der Waals surface area contributed by atoms with E-state index in [4.69, 9.17) is 0 Å². The number of hydrogen-bond donors (Lipinski definition) is 2. The molecule has 1 heterocycles. The summed E-state index contributed by atoms with van der Waals surface area (Å²) in [5.74, 6) is 0.803. The molecule has 1 aromatic carbocycles. The zero-order valence-electron chi connectivity index (χ0n) is 13.8. The fourth-order valence-corrected chi connectivity index (χ4v) is 4.06. The molecule has 2 aliphatic rings. The Labute approximate surface area is 133 Å². The predicted molar refractivity (Wildman–Crippen MR) is 89.9 cm³/mol. The second kappa shape index (κ2) is 6.41. The van der Waals surface area contributed by atoms with Gasteiger partial charge in [-0.15, -0.1) is 0 Å². The Morgan fingerprint density at radius 2 is 2.09 bits per heavy atom. The van der Waals surface area contributed by atoms with Gasteiger partial charge >= 0.3 is 0 Å². The lowest BCUT2D eigenvalue weighted by Crippen LogP contribution is -2.54. The van der Waals surface area contributed by atoms with Crippen molar-refractivity contribution in [2.24, 2.45) is 5.92 Å². The van der Waals surface area contributed by atoms with E-state index in [1.54, 1.807) is 0 Å². The van der Waals surface area contributed by atoms with Crippen LogP contribution < -0.4 is 10.6 Å². The molecule has 3 nitrogen and oxygen atoms in total. The molecule has 22 heavy (non-hydrogen) atoms. The first kappa shape index (κ1) is 15.5. The number of amides is 1. The number of nitrogens with one attached hydrogen (secondary N) is 2. The molecule has 120 valence electrons. The lowest BCUT2D eigenvalue weighted by Gasteiger charge is -2.35. The molecule has 2 fully saturated rings. The van der Waals surface area contributed by atoms with E-state index < -0.39 is 0 Å². The number of benzene rings is 1. The average Bonchev–Trinajstić information content (AvgIpc) is 3.00. The van der Waals surface area contributed by atoms with Crippen LogP contribution in [0.15, 0.2) is 24.3 Å². The van der Waals surface area contributed by atoms with Crippen LogP contribution in [0.5, 0.6) is 0 Å². The maximum absolute atomic E-state index is 13.2. The summed E-state index contributed by atoms with van der Waals surface area (Å²) >= 11 is 0. The van der Waals surface area contributed by atoms with E-state index in [-0.39, 0.29) is 17.4 Å². The molecule has 2 unspecified atom stereocenters. The van der Waals surface area contributed by atoms with Crippen molar-refractivity contribution in [2.45, 2.75) is 57.4 Å². The van der Waals surface area contributed by atoms with Crippen molar-refractivity contribution in [1.82, 2.24) is 10.6 Å². The first-order valence-electron chi connectivity index (χ1n) is 8.71. The Hall–Kier alpha value is -1.35. The monoisotopic (exact) mass is 300 g/mol. The van der Waals surface area contributed by atoms with Crippen molar-refractivity contribution in [2.75, 3.05) is 13.1 Å². The number of aryl methyl sites for hydroxylation is 1. The molecule has 0 spiro atoms. The molecule has 3 heteroatoms. The Balaban J connectivity index is 1.82. The van der Waals surface area contributed by atoms with Crippen LogP contribution in [-0.2, 0) is 10.2 Å². The molecule has 2 atom stereocenters. The molecular formula is C19H28N2O. The van der Waals surface area contributed by atoms with E-state index in [0.29, 0.717) is 5.92 Å². The van der Waals surface area contributed by atoms with Crippen LogP contribution in [0.3, 0.4) is 0 Å². The van der Waals surface area contributed by atoms with Crippen molar-refractivity contribution < 1.29 is 4.79 Å². The molecule has 1 amide bonds. The molecular weight excluding hydrogens is 272 g/mol. The van der Waals surface area contributed by atoms with Gasteiger partial charge in [-0.25, -0.2) is 0 Å². The number of carbonyl (C=O) groups excluding carboxylic acids is 1. The fraction of sp³-hybridized carbons (Fsp3) is 0.632. The zero-order valence-corrected chi connectivity index (χ0v) is 13.8. The van der Waals surface area contributed by atoms with Crippen molar-refractivity contribution in [3.63, 3.8) is 0 Å². The van der Waals surface area contributed by atoms with E-state index in [1.807, 2.05) is 0 Å². The number of hydrogen-bond acceptors (Lipinski definition) is 2. The molecule has 1 aliphatic carbocycles. The summed E-state index contributed by atoms with van der Waals surface area (Å²) in [7, 11) is 0. The largest absolute Gasteiger partial charge is 0.351 e. The highest BCUT2D eigenvalue weighted by Crippen LogP contribution is 2.41. The van der Waals surface area contributed by atoms with Crippen LogP contribution in [0.2, 0.25) is 0 Å². The summed E-state index contributed by atoms with van der Waals surface area (Å²) in [6, 6.07) is 8.80. The summed E-state index contributed by atoms with van der Waals surface area (Å²) in [5.41, 5.74) is 2.15. The smallest absolute Gasteiger partial charge is 0.230 e. The summed E-state index contributed by atoms with van der Waals surface area (Å²) in [6.45, 7) is 6.32. The lowest BCUT2D eigenvalue weighted by molar-refractivity contribution is -0.127. The second-order valence-electron chi connectivity index (χ2n) is 7.21. The third-order valence-corrected chi connectivity index (χ3v) is 5.61. The van der Waals surface area contributed by atoms with E-state index in [9.17, 15) is 4.79 Å². The third-order valence-electron chi connectivity index (χ3n) is 5.61. The summed E-state index contributed by atoms with van der Waals surface area (Å²) in [6.07, 6.45) is 5.41. The van der Waals surface area contributed by atoms with Crippen molar-refractivity contribution in [1.29, 1.82) is 0 Å². The minimum absolute atomic E-state index is 0.246. The van der Waals surface area contributed by atoms with E-state index in [2.05, 4.69) is 48.7 Å². The molecule has 1 aromatic rings. The highest BCUT2D eigenvalue weighted by atomic mass is 16.2. The van der Waals surface area contributed by atoms with Gasteiger partial charge in [0.25, 0.3) is 0 Å². The second-order valence-corrected chi connectivity index (χ2v) is 7.21. The van der Waals surface area contributed by atoms with Crippen molar-refractivity contribution >= 4 is 5.91 Å². The summed E-state index contributed by atoms with van der Waals surface area (Å²) in [5, 5.41) is 6.78. The Morgan fingerprint density at radius 1 is 1.32 bits per heavy atom. The van der Waals surface area contributed by atoms with Gasteiger partial charge in [0, 0.05) is 12.6 Å². The highest BCUT2D eigenvalue weighted by Gasteiger charge is 2.43. The molecule has 1 saturated carbocycles. The standard InChI is InChI=1S/C19H28N2O/c1-14-6-5-7-16(12-14)19(9-3-4-10-19)18(22)21-17-13-20-11-8-15(17)2/h5-7,12,15,17,20H,3-4,8-11,13H2,1-2H3,(H,21,22). The maximum Gasteiger partial charge on any atom is 0.230 e. The van der Waals surface area contributed by atoms with E-state index >= 15 is 0 Å². The van der Waals surface area contributed by atoms with Crippen molar-refractivity contribution in [3.05, 3.63) is 35.4 Å². The van der Waals surface area contributed by atoms with Gasteiger partial charge < -0.3 is 10.6 Å². The Morgan fingerprint density at radius 3 is 2.77 bits per heavy atom. The number of piperidine rings is 1. The van der Waals surface area contributed by atoms with Crippen LogP contribution >= 0.6 is 0 Å². The van der Waals surface area contributed by atoms with Crippen LogP contribution in [0, 0.1) is 12.8 Å². The molecule has 0 bridgehead atoms. The normalized spacial score (nSPS) is 27.5. The van der Waals surface area contributed by atoms with E-state index in [1.165, 1.54) is 11.1 Å². The molecule has 0 aromatic heterocycles. The van der Waals surface area contributed by atoms with Crippen LogP contribution in [-0.4, -0.2) is 25.0 Å². The van der Waals surface area contributed by atoms with E-state index in [0.717, 1.165) is 45.2 Å². The molecule has 1 saturated heterocycles. The van der Waals surface area contributed by atoms with Crippen LogP contribution in [0.1, 0.15) is 50.2 Å². The quantitative estimate of drug-likeness (QED) is 0.901. The minimum atomic E-state index is -0.302. The van der Waals surface area contributed by atoms with Crippen molar-refractivity contribution in [3.8, 4) is 0 Å². The Kier molecular flexibility index (Phi) is 4.53. The van der Waals surface area contributed by atoms with Gasteiger partial charge in [-0.05, 0) is 44.2 Å². The summed E-state index contributed by atoms with van der Waals surface area (Å²) in [4.78, 5) is 13.2. The highest BCUT2D eigenvalue weighted by molar-refractivity contribution is 5.89. The molecule has 1 aliphatic heterocycles. The topological polar surface area (TPSA) is 41.1 Å².